The Morgan fingerprint density at radius 2 is 2.25 bits per heavy atom. The van der Waals surface area contributed by atoms with E-state index in [1.165, 1.54) is 13.8 Å². The summed E-state index contributed by atoms with van der Waals surface area (Å²) in [6.07, 6.45) is -0.678. The molecule has 0 rings (SSSR count). The first-order chi connectivity index (χ1) is 5.40. The van der Waals surface area contributed by atoms with Crippen LogP contribution in [0.2, 0.25) is 0 Å². The van der Waals surface area contributed by atoms with Gasteiger partial charge in [-0.1, -0.05) is 0 Å². The molecule has 0 aromatic rings. The summed E-state index contributed by atoms with van der Waals surface area (Å²) in [5, 5.41) is 8.79. The Hall–Kier alpha value is -0.650. The predicted octanol–water partition coefficient (Wildman–Crippen LogP) is -1.41. The van der Waals surface area contributed by atoms with Gasteiger partial charge in [-0.2, -0.15) is 0 Å². The third-order valence-corrected chi connectivity index (χ3v) is 1.35. The lowest BCUT2D eigenvalue weighted by molar-refractivity contribution is -0.151. The second kappa shape index (κ2) is 4.39. The van der Waals surface area contributed by atoms with Crippen molar-refractivity contribution in [3.8, 4) is 0 Å². The fourth-order valence-corrected chi connectivity index (χ4v) is 0.444. The molecule has 0 amide bonds. The Labute approximate surface area is 71.7 Å². The highest BCUT2D eigenvalue weighted by Crippen LogP contribution is 1.99. The molecule has 5 nitrogen and oxygen atoms in total. The minimum atomic E-state index is -1.16. The molecule has 0 aliphatic rings. The van der Waals surface area contributed by atoms with E-state index in [2.05, 4.69) is 4.74 Å². The molecular weight excluding hydrogens is 160 g/mol. The summed E-state index contributed by atoms with van der Waals surface area (Å²) in [4.78, 5) is 11.1. The summed E-state index contributed by atoms with van der Waals surface area (Å²) in [6, 6.07) is 0. The maximum atomic E-state index is 11.1. The van der Waals surface area contributed by atoms with Crippen LogP contribution in [-0.2, 0) is 9.53 Å². The third kappa shape index (κ3) is 3.66. The molecule has 0 bridgehead atoms. The maximum Gasteiger partial charge on any atom is 0.327 e. The Balaban J connectivity index is 3.88. The van der Waals surface area contributed by atoms with E-state index in [0.717, 1.165) is 0 Å². The molecule has 72 valence electrons. The number of esters is 1. The van der Waals surface area contributed by atoms with Crippen molar-refractivity contribution in [1.29, 1.82) is 0 Å². The quantitative estimate of drug-likeness (QED) is 0.457. The van der Waals surface area contributed by atoms with E-state index in [0.29, 0.717) is 0 Å². The molecule has 0 fully saturated rings. The number of hydrogen-bond acceptors (Lipinski definition) is 5. The van der Waals surface area contributed by atoms with Gasteiger partial charge in [0.1, 0.15) is 12.1 Å². The molecule has 0 saturated heterocycles. The van der Waals surface area contributed by atoms with Gasteiger partial charge in [-0.05, 0) is 13.8 Å². The minimum Gasteiger partial charge on any atom is -0.462 e. The molecule has 2 atom stereocenters. The van der Waals surface area contributed by atoms with Crippen molar-refractivity contribution in [3.63, 3.8) is 0 Å². The van der Waals surface area contributed by atoms with Crippen LogP contribution in [0.3, 0.4) is 0 Å². The summed E-state index contributed by atoms with van der Waals surface area (Å²) < 4.78 is 4.67. The third-order valence-electron chi connectivity index (χ3n) is 1.35. The summed E-state index contributed by atoms with van der Waals surface area (Å²) in [5.74, 6) is -0.592. The van der Waals surface area contributed by atoms with E-state index in [1.807, 2.05) is 0 Å². The molecule has 5 N–H and O–H groups in total. The zero-order chi connectivity index (χ0) is 9.78. The highest BCUT2D eigenvalue weighted by atomic mass is 16.5. The van der Waals surface area contributed by atoms with E-state index in [1.54, 1.807) is 0 Å². The van der Waals surface area contributed by atoms with Gasteiger partial charge in [-0.25, -0.2) is 0 Å². The summed E-state index contributed by atoms with van der Waals surface area (Å²) >= 11 is 0. The molecule has 0 radical (unpaired) electrons. The topological polar surface area (TPSA) is 98.6 Å². The predicted molar refractivity (Wildman–Crippen MR) is 44.3 cm³/mol. The van der Waals surface area contributed by atoms with Crippen molar-refractivity contribution in [1.82, 2.24) is 0 Å². The Morgan fingerprint density at radius 3 is 2.58 bits per heavy atom. The number of aliphatic hydroxyl groups excluding tert-OH is 1. The molecule has 2 unspecified atom stereocenters. The van der Waals surface area contributed by atoms with Crippen LogP contribution in [0.1, 0.15) is 13.8 Å². The first kappa shape index (κ1) is 11.4. The van der Waals surface area contributed by atoms with Gasteiger partial charge in [0.2, 0.25) is 0 Å². The van der Waals surface area contributed by atoms with E-state index in [9.17, 15) is 4.79 Å². The number of rotatable bonds is 4. The summed E-state index contributed by atoms with van der Waals surface area (Å²) in [5.41, 5.74) is 9.53. The van der Waals surface area contributed by atoms with Gasteiger partial charge in [-0.15, -0.1) is 0 Å². The van der Waals surface area contributed by atoms with E-state index >= 15 is 0 Å². The van der Waals surface area contributed by atoms with Gasteiger partial charge >= 0.3 is 5.97 Å². The molecule has 0 saturated carbocycles. The number of aliphatic hydroxyl groups is 1. The number of nitrogens with two attached hydrogens (primary N) is 2. The Morgan fingerprint density at radius 1 is 1.75 bits per heavy atom. The molecule has 0 spiro atoms. The molecule has 0 aliphatic carbocycles. The average Bonchev–Trinajstić information content (AvgIpc) is 2.00. The second-order valence-corrected chi connectivity index (χ2v) is 3.07. The summed E-state index contributed by atoms with van der Waals surface area (Å²) in [6.45, 7) is 2.97. The average molecular weight is 176 g/mol. The molecule has 12 heavy (non-hydrogen) atoms. The number of ether oxygens (including phenoxy) is 1. The van der Waals surface area contributed by atoms with Crippen LogP contribution in [0, 0.1) is 0 Å². The van der Waals surface area contributed by atoms with Crippen molar-refractivity contribution in [2.45, 2.75) is 25.5 Å². The van der Waals surface area contributed by atoms with Gasteiger partial charge in [0.25, 0.3) is 0 Å². The number of carbonyl (C=O) groups excluding carboxylic acids is 1. The fourth-order valence-electron chi connectivity index (χ4n) is 0.444. The van der Waals surface area contributed by atoms with Crippen LogP contribution in [0.25, 0.3) is 0 Å². The standard InChI is InChI=1S/C7H16N2O3/c1-5(10)3-12-6(11)7(2,9)4-8/h5,10H,3-4,8-9H2,1-2H3. The zero-order valence-corrected chi connectivity index (χ0v) is 7.41. The van der Waals surface area contributed by atoms with E-state index < -0.39 is 17.6 Å². The van der Waals surface area contributed by atoms with Crippen LogP contribution in [0.5, 0.6) is 0 Å². The van der Waals surface area contributed by atoms with Crippen molar-refractivity contribution < 1.29 is 14.6 Å². The molecule has 0 aromatic heterocycles. The van der Waals surface area contributed by atoms with Gasteiger partial charge in [-0.3, -0.25) is 4.79 Å². The lowest BCUT2D eigenvalue weighted by Crippen LogP contribution is -2.52. The van der Waals surface area contributed by atoms with Gasteiger partial charge in [0, 0.05) is 6.54 Å². The molecular formula is C7H16N2O3. The van der Waals surface area contributed by atoms with Gasteiger partial charge in [0.05, 0.1) is 6.10 Å². The van der Waals surface area contributed by atoms with Crippen LogP contribution in [0.4, 0.5) is 0 Å². The lowest BCUT2D eigenvalue weighted by Gasteiger charge is -2.20. The van der Waals surface area contributed by atoms with E-state index in [-0.39, 0.29) is 13.2 Å². The van der Waals surface area contributed by atoms with Gasteiger partial charge in [0.15, 0.2) is 0 Å². The lowest BCUT2D eigenvalue weighted by atomic mass is 10.1. The molecule has 0 heterocycles. The fraction of sp³-hybridized carbons (Fsp3) is 0.857. The largest absolute Gasteiger partial charge is 0.462 e. The molecule has 5 heteroatoms. The number of carbonyl (C=O) groups is 1. The number of hydrogen-bond donors (Lipinski definition) is 3. The molecule has 0 aliphatic heterocycles. The van der Waals surface area contributed by atoms with Crippen LogP contribution < -0.4 is 11.5 Å². The smallest absolute Gasteiger partial charge is 0.327 e. The van der Waals surface area contributed by atoms with E-state index in [4.69, 9.17) is 16.6 Å². The highest BCUT2D eigenvalue weighted by molar-refractivity contribution is 5.80. The maximum absolute atomic E-state index is 11.1. The van der Waals surface area contributed by atoms with Crippen LogP contribution in [0.15, 0.2) is 0 Å². The Bertz CT molecular complexity index is 157. The minimum absolute atomic E-state index is 0.0195. The SMILES string of the molecule is CC(O)COC(=O)C(C)(N)CN. The molecule has 0 aromatic carbocycles. The van der Waals surface area contributed by atoms with Crippen molar-refractivity contribution in [2.24, 2.45) is 11.5 Å². The Kier molecular flexibility index (Phi) is 4.16. The monoisotopic (exact) mass is 176 g/mol. The van der Waals surface area contributed by atoms with Gasteiger partial charge < -0.3 is 21.3 Å². The second-order valence-electron chi connectivity index (χ2n) is 3.07. The van der Waals surface area contributed by atoms with Crippen LogP contribution >= 0.6 is 0 Å². The van der Waals surface area contributed by atoms with Crippen molar-refractivity contribution >= 4 is 5.97 Å². The highest BCUT2D eigenvalue weighted by Gasteiger charge is 2.28. The summed E-state index contributed by atoms with van der Waals surface area (Å²) in [7, 11) is 0. The van der Waals surface area contributed by atoms with Crippen molar-refractivity contribution in [2.75, 3.05) is 13.2 Å². The van der Waals surface area contributed by atoms with Crippen molar-refractivity contribution in [3.05, 3.63) is 0 Å². The normalized spacial score (nSPS) is 18.1. The zero-order valence-electron chi connectivity index (χ0n) is 7.41. The first-order valence-corrected chi connectivity index (χ1v) is 3.74. The first-order valence-electron chi connectivity index (χ1n) is 3.74. The van der Waals surface area contributed by atoms with Crippen LogP contribution in [-0.4, -0.2) is 35.9 Å².